The molecule has 0 aliphatic heterocycles. The van der Waals surface area contributed by atoms with E-state index in [1.165, 1.54) is 115 Å². The SMILES string of the molecule is CCCCCCCCCCCCCC=C(C)C(CCCCCCCCC)n1c(O)ccc1O. The normalized spacial score (nSPS) is 13.0. The first-order chi connectivity index (χ1) is 16.1. The monoisotopic (exact) mass is 461 g/mol. The van der Waals surface area contributed by atoms with Crippen LogP contribution in [0.1, 0.15) is 155 Å². The van der Waals surface area contributed by atoms with Crippen LogP contribution in [0.5, 0.6) is 11.8 Å². The van der Waals surface area contributed by atoms with Crippen molar-refractivity contribution < 1.29 is 10.2 Å². The molecule has 1 heterocycles. The zero-order chi connectivity index (χ0) is 24.2. The minimum Gasteiger partial charge on any atom is -0.494 e. The Labute approximate surface area is 205 Å². The number of aromatic hydroxyl groups is 2. The molecule has 1 rings (SSSR count). The molecule has 0 fully saturated rings. The van der Waals surface area contributed by atoms with Gasteiger partial charge in [-0.2, -0.15) is 0 Å². The number of nitrogens with zero attached hydrogens (tertiary/aromatic N) is 1. The number of hydrogen-bond donors (Lipinski definition) is 2. The van der Waals surface area contributed by atoms with Gasteiger partial charge in [0.2, 0.25) is 0 Å². The fourth-order valence-electron chi connectivity index (χ4n) is 4.88. The van der Waals surface area contributed by atoms with E-state index in [9.17, 15) is 10.2 Å². The largest absolute Gasteiger partial charge is 0.494 e. The van der Waals surface area contributed by atoms with E-state index < -0.39 is 0 Å². The molecule has 0 aliphatic rings. The van der Waals surface area contributed by atoms with Crippen molar-refractivity contribution in [1.82, 2.24) is 4.57 Å². The maximum atomic E-state index is 10.3. The van der Waals surface area contributed by atoms with Crippen molar-refractivity contribution in [3.8, 4) is 11.8 Å². The summed E-state index contributed by atoms with van der Waals surface area (Å²) in [4.78, 5) is 0. The van der Waals surface area contributed by atoms with Crippen LogP contribution in [0.3, 0.4) is 0 Å². The fraction of sp³-hybridized carbons (Fsp3) is 0.800. The summed E-state index contributed by atoms with van der Waals surface area (Å²) in [5.41, 5.74) is 1.27. The standard InChI is InChI=1S/C30H55NO2/c1-4-6-8-10-12-13-14-15-16-18-19-21-23-27(3)28(31-29(32)25-26-30(31)33)24-22-20-17-11-9-7-5-2/h23,25-26,28,32-33H,4-22,24H2,1-3H3. The molecule has 33 heavy (non-hydrogen) atoms. The summed E-state index contributed by atoms with van der Waals surface area (Å²) < 4.78 is 1.71. The van der Waals surface area contributed by atoms with Gasteiger partial charge in [0, 0.05) is 12.1 Å². The second-order valence-electron chi connectivity index (χ2n) is 10.1. The highest BCUT2D eigenvalue weighted by molar-refractivity contribution is 5.28. The zero-order valence-corrected chi connectivity index (χ0v) is 22.3. The van der Waals surface area contributed by atoms with Crippen LogP contribution >= 0.6 is 0 Å². The number of hydrogen-bond acceptors (Lipinski definition) is 2. The van der Waals surface area contributed by atoms with Gasteiger partial charge in [0.1, 0.15) is 0 Å². The minimum absolute atomic E-state index is 0.0587. The minimum atomic E-state index is 0.0587. The third-order valence-electron chi connectivity index (χ3n) is 7.07. The van der Waals surface area contributed by atoms with E-state index in [0.717, 1.165) is 19.3 Å². The van der Waals surface area contributed by atoms with Gasteiger partial charge in [0.15, 0.2) is 11.8 Å². The van der Waals surface area contributed by atoms with Crippen LogP contribution in [-0.2, 0) is 0 Å². The van der Waals surface area contributed by atoms with E-state index in [4.69, 9.17) is 0 Å². The van der Waals surface area contributed by atoms with Crippen LogP contribution < -0.4 is 0 Å². The van der Waals surface area contributed by atoms with Gasteiger partial charge in [0.25, 0.3) is 0 Å². The van der Waals surface area contributed by atoms with Crippen molar-refractivity contribution in [3.05, 3.63) is 23.8 Å². The van der Waals surface area contributed by atoms with E-state index >= 15 is 0 Å². The Morgan fingerprint density at radius 3 is 1.52 bits per heavy atom. The van der Waals surface area contributed by atoms with Gasteiger partial charge in [-0.25, -0.2) is 0 Å². The number of rotatable bonds is 22. The van der Waals surface area contributed by atoms with Gasteiger partial charge < -0.3 is 10.2 Å². The Balaban J connectivity index is 2.33. The van der Waals surface area contributed by atoms with Gasteiger partial charge in [-0.3, -0.25) is 4.57 Å². The third kappa shape index (κ3) is 13.8. The number of allylic oxidation sites excluding steroid dienone is 2. The number of aromatic nitrogens is 1. The summed E-state index contributed by atoms with van der Waals surface area (Å²) in [5, 5.41) is 20.6. The lowest BCUT2D eigenvalue weighted by Crippen LogP contribution is -2.10. The molecule has 1 unspecified atom stereocenters. The van der Waals surface area contributed by atoms with Crippen molar-refractivity contribution >= 4 is 0 Å². The van der Waals surface area contributed by atoms with Gasteiger partial charge in [-0.1, -0.05) is 135 Å². The van der Waals surface area contributed by atoms with Crippen molar-refractivity contribution in [2.45, 2.75) is 155 Å². The Bertz CT molecular complexity index is 585. The molecular weight excluding hydrogens is 406 g/mol. The molecule has 0 saturated heterocycles. The van der Waals surface area contributed by atoms with E-state index in [-0.39, 0.29) is 17.8 Å². The topological polar surface area (TPSA) is 45.4 Å². The van der Waals surface area contributed by atoms with Crippen molar-refractivity contribution in [1.29, 1.82) is 0 Å². The molecule has 192 valence electrons. The summed E-state index contributed by atoms with van der Waals surface area (Å²) in [5.74, 6) is 0.339. The van der Waals surface area contributed by atoms with E-state index in [0.29, 0.717) is 0 Å². The molecule has 0 bridgehead atoms. The second kappa shape index (κ2) is 20.0. The Morgan fingerprint density at radius 1 is 0.667 bits per heavy atom. The lowest BCUT2D eigenvalue weighted by Gasteiger charge is -2.22. The van der Waals surface area contributed by atoms with Crippen LogP contribution in [0.15, 0.2) is 23.8 Å². The van der Waals surface area contributed by atoms with Gasteiger partial charge in [-0.05, 0) is 26.2 Å². The Kier molecular flexibility index (Phi) is 18.0. The predicted octanol–water partition coefficient (Wildman–Crippen LogP) is 10.2. The lowest BCUT2D eigenvalue weighted by molar-refractivity contribution is 0.336. The van der Waals surface area contributed by atoms with Crippen molar-refractivity contribution in [3.63, 3.8) is 0 Å². The highest BCUT2D eigenvalue weighted by atomic mass is 16.3. The summed E-state index contributed by atoms with van der Waals surface area (Å²) in [6, 6.07) is 3.26. The molecule has 3 heteroatoms. The van der Waals surface area contributed by atoms with E-state index in [2.05, 4.69) is 26.8 Å². The fourth-order valence-corrected chi connectivity index (χ4v) is 4.88. The average molecular weight is 462 g/mol. The number of unbranched alkanes of at least 4 members (excludes halogenated alkanes) is 17. The molecule has 0 aliphatic carbocycles. The first-order valence-corrected chi connectivity index (χ1v) is 14.4. The molecule has 0 radical (unpaired) electrons. The zero-order valence-electron chi connectivity index (χ0n) is 22.3. The van der Waals surface area contributed by atoms with E-state index in [1.54, 1.807) is 16.7 Å². The maximum Gasteiger partial charge on any atom is 0.194 e. The van der Waals surface area contributed by atoms with Gasteiger partial charge in [-0.15, -0.1) is 0 Å². The summed E-state index contributed by atoms with van der Waals surface area (Å²) >= 11 is 0. The van der Waals surface area contributed by atoms with Gasteiger partial charge >= 0.3 is 0 Å². The van der Waals surface area contributed by atoms with Crippen LogP contribution in [-0.4, -0.2) is 14.8 Å². The molecule has 0 saturated carbocycles. The Hall–Kier alpha value is -1.38. The third-order valence-corrected chi connectivity index (χ3v) is 7.07. The first-order valence-electron chi connectivity index (χ1n) is 14.4. The van der Waals surface area contributed by atoms with Crippen LogP contribution in [0.25, 0.3) is 0 Å². The molecule has 1 atom stereocenters. The smallest absolute Gasteiger partial charge is 0.194 e. The molecule has 1 aromatic rings. The molecule has 0 spiro atoms. The van der Waals surface area contributed by atoms with Crippen molar-refractivity contribution in [2.24, 2.45) is 0 Å². The first kappa shape index (κ1) is 29.7. The van der Waals surface area contributed by atoms with Gasteiger partial charge in [0.05, 0.1) is 6.04 Å². The molecule has 3 nitrogen and oxygen atoms in total. The van der Waals surface area contributed by atoms with Crippen LogP contribution in [0.4, 0.5) is 0 Å². The van der Waals surface area contributed by atoms with Crippen LogP contribution in [0, 0.1) is 0 Å². The quantitative estimate of drug-likeness (QED) is 0.133. The lowest BCUT2D eigenvalue weighted by atomic mass is 9.98. The Morgan fingerprint density at radius 2 is 1.06 bits per heavy atom. The molecule has 0 amide bonds. The highest BCUT2D eigenvalue weighted by Gasteiger charge is 2.19. The predicted molar refractivity (Wildman–Crippen MR) is 144 cm³/mol. The second-order valence-corrected chi connectivity index (χ2v) is 10.1. The average Bonchev–Trinajstić information content (AvgIpc) is 3.14. The summed E-state index contributed by atoms with van der Waals surface area (Å²) in [7, 11) is 0. The van der Waals surface area contributed by atoms with Crippen molar-refractivity contribution in [2.75, 3.05) is 0 Å². The highest BCUT2D eigenvalue weighted by Crippen LogP contribution is 2.34. The molecule has 1 aromatic heterocycles. The summed E-state index contributed by atoms with van der Waals surface area (Å²) in [6.07, 6.45) is 28.4. The summed E-state index contributed by atoms with van der Waals surface area (Å²) in [6.45, 7) is 6.71. The molecule has 2 N–H and O–H groups in total. The molecular formula is C30H55NO2. The van der Waals surface area contributed by atoms with E-state index in [1.807, 2.05) is 0 Å². The molecule has 0 aromatic carbocycles. The van der Waals surface area contributed by atoms with Crippen LogP contribution in [0.2, 0.25) is 0 Å². The maximum absolute atomic E-state index is 10.3.